The van der Waals surface area contributed by atoms with E-state index in [9.17, 15) is 4.79 Å². The fourth-order valence-corrected chi connectivity index (χ4v) is 3.10. The van der Waals surface area contributed by atoms with Crippen molar-refractivity contribution in [2.24, 2.45) is 0 Å². The van der Waals surface area contributed by atoms with Crippen LogP contribution >= 0.6 is 0 Å². The van der Waals surface area contributed by atoms with Crippen molar-refractivity contribution in [2.75, 3.05) is 26.3 Å². The molecule has 4 heteroatoms. The SMILES string of the molecule is Cc1c(C=O)cc2cccn2c1C(C)N1CCOCC1. The maximum absolute atomic E-state index is 11.3. The van der Waals surface area contributed by atoms with E-state index in [1.54, 1.807) is 0 Å². The summed E-state index contributed by atoms with van der Waals surface area (Å²) in [4.78, 5) is 13.7. The van der Waals surface area contributed by atoms with Gasteiger partial charge in [0.05, 0.1) is 13.2 Å². The summed E-state index contributed by atoms with van der Waals surface area (Å²) in [5.74, 6) is 0. The lowest BCUT2D eigenvalue weighted by Gasteiger charge is -2.33. The van der Waals surface area contributed by atoms with Crippen molar-refractivity contribution in [3.63, 3.8) is 0 Å². The highest BCUT2D eigenvalue weighted by molar-refractivity contribution is 5.80. The average molecular weight is 272 g/mol. The minimum absolute atomic E-state index is 0.272. The van der Waals surface area contributed by atoms with E-state index in [0.29, 0.717) is 0 Å². The van der Waals surface area contributed by atoms with Gasteiger partial charge in [0.1, 0.15) is 6.29 Å². The van der Waals surface area contributed by atoms with Crippen molar-refractivity contribution in [1.82, 2.24) is 9.30 Å². The fourth-order valence-electron chi connectivity index (χ4n) is 3.10. The van der Waals surface area contributed by atoms with Crippen LogP contribution < -0.4 is 0 Å². The maximum atomic E-state index is 11.3. The van der Waals surface area contributed by atoms with Gasteiger partial charge >= 0.3 is 0 Å². The molecule has 3 heterocycles. The van der Waals surface area contributed by atoms with Crippen molar-refractivity contribution in [2.45, 2.75) is 19.9 Å². The first-order valence-electron chi connectivity index (χ1n) is 7.10. The van der Waals surface area contributed by atoms with E-state index in [0.717, 1.165) is 49.2 Å². The Morgan fingerprint density at radius 3 is 2.80 bits per heavy atom. The number of carbonyl (C=O) groups is 1. The first-order chi connectivity index (χ1) is 9.72. The van der Waals surface area contributed by atoms with Crippen molar-refractivity contribution >= 4 is 11.8 Å². The molecule has 1 unspecified atom stereocenters. The predicted octanol–water partition coefficient (Wildman–Crippen LogP) is 2.45. The predicted molar refractivity (Wildman–Crippen MR) is 78.3 cm³/mol. The summed E-state index contributed by atoms with van der Waals surface area (Å²) in [7, 11) is 0. The number of rotatable bonds is 3. The molecule has 0 bridgehead atoms. The number of fused-ring (bicyclic) bond motifs is 1. The van der Waals surface area contributed by atoms with Crippen molar-refractivity contribution in [3.05, 3.63) is 41.2 Å². The van der Waals surface area contributed by atoms with Crippen LogP contribution in [0.3, 0.4) is 0 Å². The number of aromatic nitrogens is 1. The summed E-state index contributed by atoms with van der Waals surface area (Å²) in [6, 6.07) is 6.30. The third kappa shape index (κ3) is 2.15. The van der Waals surface area contributed by atoms with Gasteiger partial charge in [0.2, 0.25) is 0 Å². The van der Waals surface area contributed by atoms with Gasteiger partial charge in [-0.25, -0.2) is 0 Å². The Labute approximate surface area is 118 Å². The number of morpholine rings is 1. The van der Waals surface area contributed by atoms with Crippen LogP contribution in [0.15, 0.2) is 24.4 Å². The molecule has 4 nitrogen and oxygen atoms in total. The van der Waals surface area contributed by atoms with Crippen LogP contribution in [0.2, 0.25) is 0 Å². The van der Waals surface area contributed by atoms with Crippen LogP contribution in [0.5, 0.6) is 0 Å². The van der Waals surface area contributed by atoms with Crippen LogP contribution in [-0.2, 0) is 4.74 Å². The Balaban J connectivity index is 2.10. The van der Waals surface area contributed by atoms with E-state index in [1.807, 2.05) is 25.1 Å². The normalized spacial score (nSPS) is 18.3. The molecule has 1 aliphatic rings. The van der Waals surface area contributed by atoms with E-state index in [2.05, 4.69) is 22.4 Å². The van der Waals surface area contributed by atoms with E-state index in [-0.39, 0.29) is 6.04 Å². The molecule has 0 amide bonds. The molecule has 1 saturated heterocycles. The number of nitrogens with zero attached hydrogens (tertiary/aromatic N) is 2. The second-order valence-electron chi connectivity index (χ2n) is 5.36. The molecule has 1 aliphatic heterocycles. The molecule has 0 saturated carbocycles. The first kappa shape index (κ1) is 13.3. The minimum Gasteiger partial charge on any atom is -0.379 e. The Hall–Kier alpha value is -1.65. The minimum atomic E-state index is 0.272. The fraction of sp³-hybridized carbons (Fsp3) is 0.438. The highest BCUT2D eigenvalue weighted by atomic mass is 16.5. The molecular formula is C16H20N2O2. The van der Waals surface area contributed by atoms with E-state index in [4.69, 9.17) is 4.74 Å². The topological polar surface area (TPSA) is 34.0 Å². The summed E-state index contributed by atoms with van der Waals surface area (Å²) in [5.41, 5.74) is 4.14. The second kappa shape index (κ2) is 5.38. The van der Waals surface area contributed by atoms with Crippen LogP contribution in [0, 0.1) is 6.92 Å². The zero-order chi connectivity index (χ0) is 14.1. The molecule has 3 rings (SSSR count). The largest absolute Gasteiger partial charge is 0.379 e. The van der Waals surface area contributed by atoms with Crippen LogP contribution in [0.1, 0.15) is 34.6 Å². The summed E-state index contributed by atoms with van der Waals surface area (Å²) < 4.78 is 7.63. The summed E-state index contributed by atoms with van der Waals surface area (Å²) >= 11 is 0. The molecule has 1 fully saturated rings. The van der Waals surface area contributed by atoms with Gasteiger partial charge in [-0.1, -0.05) is 0 Å². The second-order valence-corrected chi connectivity index (χ2v) is 5.36. The molecule has 0 aliphatic carbocycles. The van der Waals surface area contributed by atoms with Crippen LogP contribution in [0.4, 0.5) is 0 Å². The Bertz CT molecular complexity index is 627. The molecule has 0 N–H and O–H groups in total. The Morgan fingerprint density at radius 2 is 2.10 bits per heavy atom. The number of hydrogen-bond donors (Lipinski definition) is 0. The number of carbonyl (C=O) groups excluding carboxylic acids is 1. The van der Waals surface area contributed by atoms with Gasteiger partial charge < -0.3 is 9.14 Å². The van der Waals surface area contributed by atoms with E-state index >= 15 is 0 Å². The highest BCUT2D eigenvalue weighted by Gasteiger charge is 2.23. The van der Waals surface area contributed by atoms with Gasteiger partial charge in [-0.3, -0.25) is 9.69 Å². The molecular weight excluding hydrogens is 252 g/mol. The van der Waals surface area contributed by atoms with E-state index < -0.39 is 0 Å². The average Bonchev–Trinajstić information content (AvgIpc) is 2.94. The molecule has 0 spiro atoms. The Morgan fingerprint density at radius 1 is 1.35 bits per heavy atom. The monoisotopic (exact) mass is 272 g/mol. The number of ether oxygens (including phenoxy) is 1. The Kier molecular flexibility index (Phi) is 3.59. The third-order valence-electron chi connectivity index (χ3n) is 4.28. The number of pyridine rings is 1. The summed E-state index contributed by atoms with van der Waals surface area (Å²) in [5, 5.41) is 0. The highest BCUT2D eigenvalue weighted by Crippen LogP contribution is 2.27. The van der Waals surface area contributed by atoms with Crippen molar-refractivity contribution < 1.29 is 9.53 Å². The lowest BCUT2D eigenvalue weighted by atomic mass is 10.0. The lowest BCUT2D eigenvalue weighted by molar-refractivity contribution is 0.0187. The lowest BCUT2D eigenvalue weighted by Crippen LogP contribution is -2.38. The first-order valence-corrected chi connectivity index (χ1v) is 7.10. The number of hydrogen-bond acceptors (Lipinski definition) is 3. The maximum Gasteiger partial charge on any atom is 0.150 e. The number of aldehydes is 1. The van der Waals surface area contributed by atoms with Crippen LogP contribution in [0.25, 0.3) is 5.52 Å². The summed E-state index contributed by atoms with van der Waals surface area (Å²) in [6.45, 7) is 7.69. The van der Waals surface area contributed by atoms with Gasteiger partial charge in [0, 0.05) is 42.1 Å². The molecule has 0 radical (unpaired) electrons. The van der Waals surface area contributed by atoms with Gasteiger partial charge in [-0.15, -0.1) is 0 Å². The van der Waals surface area contributed by atoms with Gasteiger partial charge in [0.15, 0.2) is 0 Å². The third-order valence-corrected chi connectivity index (χ3v) is 4.28. The van der Waals surface area contributed by atoms with Crippen molar-refractivity contribution in [1.29, 1.82) is 0 Å². The zero-order valence-corrected chi connectivity index (χ0v) is 12.0. The molecule has 20 heavy (non-hydrogen) atoms. The quantitative estimate of drug-likeness (QED) is 0.805. The smallest absolute Gasteiger partial charge is 0.150 e. The molecule has 106 valence electrons. The summed E-state index contributed by atoms with van der Waals surface area (Å²) in [6.07, 6.45) is 3.03. The standard InChI is InChI=1S/C16H20N2O2/c1-12-14(11-19)10-15-4-3-5-18(15)16(12)13(2)17-6-8-20-9-7-17/h3-5,10-11,13H,6-9H2,1-2H3. The van der Waals surface area contributed by atoms with E-state index in [1.165, 1.54) is 5.69 Å². The molecule has 1 atom stereocenters. The van der Waals surface area contributed by atoms with Gasteiger partial charge in [-0.05, 0) is 37.6 Å². The van der Waals surface area contributed by atoms with Gasteiger partial charge in [0.25, 0.3) is 0 Å². The zero-order valence-electron chi connectivity index (χ0n) is 12.0. The molecule has 0 aromatic carbocycles. The van der Waals surface area contributed by atoms with Crippen molar-refractivity contribution in [3.8, 4) is 0 Å². The van der Waals surface area contributed by atoms with Gasteiger partial charge in [-0.2, -0.15) is 0 Å². The van der Waals surface area contributed by atoms with Crippen LogP contribution in [-0.4, -0.2) is 41.9 Å². The molecule has 2 aromatic heterocycles. The molecule has 2 aromatic rings.